The molecule has 0 N–H and O–H groups in total. The third-order valence-corrected chi connectivity index (χ3v) is 11.0. The molecule has 1 fully saturated rings. The molecule has 0 bridgehead atoms. The second-order valence-electron chi connectivity index (χ2n) is 13.3. The summed E-state index contributed by atoms with van der Waals surface area (Å²) in [7, 11) is 0. The van der Waals surface area contributed by atoms with Crippen LogP contribution in [0.1, 0.15) is 78.4 Å². The quantitative estimate of drug-likeness (QED) is 0.233. The van der Waals surface area contributed by atoms with Crippen molar-refractivity contribution in [3.05, 3.63) is 80.0 Å². The van der Waals surface area contributed by atoms with E-state index in [0.717, 1.165) is 65.0 Å². The molecule has 0 atom stereocenters. The van der Waals surface area contributed by atoms with Crippen LogP contribution in [0.2, 0.25) is 20.1 Å². The van der Waals surface area contributed by atoms with Gasteiger partial charge in [0.2, 0.25) is 11.4 Å². The van der Waals surface area contributed by atoms with E-state index in [4.69, 9.17) is 46.4 Å². The molecule has 5 rings (SSSR count). The molecule has 0 amide bonds. The molecule has 44 heavy (non-hydrogen) atoms. The van der Waals surface area contributed by atoms with Gasteiger partial charge in [0.25, 0.3) is 0 Å². The number of hydrogen-bond donors (Lipinski definition) is 0. The Kier molecular flexibility index (Phi) is 10.2. The van der Waals surface area contributed by atoms with Crippen molar-refractivity contribution < 1.29 is 9.15 Å². The zero-order valence-electron chi connectivity index (χ0n) is 27.0. The van der Waals surface area contributed by atoms with Gasteiger partial charge in [-0.2, -0.15) is 9.15 Å². The van der Waals surface area contributed by atoms with Gasteiger partial charge in [-0.3, -0.25) is 0 Å². The van der Waals surface area contributed by atoms with Gasteiger partial charge in [-0.15, -0.1) is 0 Å². The summed E-state index contributed by atoms with van der Waals surface area (Å²) in [4.78, 5) is 4.88. The Morgan fingerprint density at radius 3 is 1.30 bits per heavy atom. The minimum Gasteiger partial charge on any atom is -0.374 e. The number of piperazine rings is 1. The number of allylic oxidation sites excluding steroid dienone is 2. The minimum absolute atomic E-state index is 0.153. The van der Waals surface area contributed by atoms with E-state index in [1.807, 2.05) is 12.1 Å². The molecule has 1 saturated heterocycles. The number of nitrogens with zero attached hydrogens (tertiary/aromatic N) is 4. The van der Waals surface area contributed by atoms with Crippen molar-refractivity contribution in [3.8, 4) is 0 Å². The molecule has 3 aliphatic heterocycles. The predicted octanol–water partition coefficient (Wildman–Crippen LogP) is 10.00. The van der Waals surface area contributed by atoms with Crippen molar-refractivity contribution in [2.45, 2.75) is 78.1 Å². The fourth-order valence-electron chi connectivity index (χ4n) is 6.83. The Morgan fingerprint density at radius 1 is 0.614 bits per heavy atom. The summed E-state index contributed by atoms with van der Waals surface area (Å²) < 4.78 is 4.89. The molecular weight excluding hydrogens is 630 g/mol. The lowest BCUT2D eigenvalue weighted by atomic mass is 9.81. The third-order valence-electron chi connectivity index (χ3n) is 9.57. The number of fused-ring (bicyclic) bond motifs is 2. The molecule has 0 saturated carbocycles. The first kappa shape index (κ1) is 33.4. The van der Waals surface area contributed by atoms with Crippen molar-refractivity contribution in [2.24, 2.45) is 0 Å². The van der Waals surface area contributed by atoms with Crippen LogP contribution in [0.3, 0.4) is 0 Å². The summed E-state index contributed by atoms with van der Waals surface area (Å²) in [5.41, 5.74) is 7.13. The van der Waals surface area contributed by atoms with Crippen LogP contribution in [0, 0.1) is 0 Å². The number of hydrogen-bond acceptors (Lipinski definition) is 2. The van der Waals surface area contributed by atoms with Crippen molar-refractivity contribution >= 4 is 69.2 Å². The lowest BCUT2D eigenvalue weighted by Crippen LogP contribution is -2.42. The fraction of sp³-hybridized carbons (Fsp3) is 0.500. The van der Waals surface area contributed by atoms with Crippen molar-refractivity contribution in [2.75, 3.05) is 39.3 Å². The lowest BCUT2D eigenvalue weighted by molar-refractivity contribution is -0.438. The first-order chi connectivity index (χ1) is 20.9. The van der Waals surface area contributed by atoms with Gasteiger partial charge in [-0.25, -0.2) is 0 Å². The first-order valence-electron chi connectivity index (χ1n) is 16.0. The smallest absolute Gasteiger partial charge is 0.211 e. The topological polar surface area (TPSA) is 12.5 Å². The Balaban J connectivity index is 1.31. The SMILES string of the molecule is CCCC[N+]1=C(/C=C/N2CCN(/C=C/C3=[N+](CCCC)c4cc(Cl)c(Cl)cc4C3(C)C)CC2)C(C)(C)c2cc(Cl)c(Cl)cc21. The van der Waals surface area contributed by atoms with E-state index in [1.54, 1.807) is 0 Å². The van der Waals surface area contributed by atoms with E-state index in [0.29, 0.717) is 20.1 Å². The van der Waals surface area contributed by atoms with Gasteiger partial charge in [0, 0.05) is 86.8 Å². The van der Waals surface area contributed by atoms with Crippen LogP contribution in [0.15, 0.2) is 48.8 Å². The maximum Gasteiger partial charge on any atom is 0.211 e. The Hall–Kier alpha value is -1.98. The molecule has 0 spiro atoms. The number of rotatable bonds is 10. The van der Waals surface area contributed by atoms with E-state index in [-0.39, 0.29) is 10.8 Å². The van der Waals surface area contributed by atoms with Crippen molar-refractivity contribution in [1.29, 1.82) is 0 Å². The molecule has 8 heteroatoms. The molecule has 3 aliphatic rings. The molecule has 2 aromatic rings. The zero-order valence-corrected chi connectivity index (χ0v) is 30.0. The summed E-state index contributed by atoms with van der Waals surface area (Å²) in [5, 5.41) is 2.46. The number of unbranched alkanes of at least 4 members (excludes halogenated alkanes) is 2. The van der Waals surface area contributed by atoms with Gasteiger partial charge in [0.1, 0.15) is 13.1 Å². The molecule has 4 nitrogen and oxygen atoms in total. The Bertz CT molecular complexity index is 1430. The second kappa shape index (κ2) is 13.4. The van der Waals surface area contributed by atoms with E-state index in [2.05, 4.69) is 97.2 Å². The van der Waals surface area contributed by atoms with Gasteiger partial charge in [-0.05, 0) is 39.8 Å². The van der Waals surface area contributed by atoms with Gasteiger partial charge in [-0.1, -0.05) is 73.1 Å². The minimum atomic E-state index is -0.153. The van der Waals surface area contributed by atoms with Gasteiger partial charge >= 0.3 is 0 Å². The molecule has 0 aromatic heterocycles. The first-order valence-corrected chi connectivity index (χ1v) is 17.5. The highest BCUT2D eigenvalue weighted by Gasteiger charge is 2.46. The van der Waals surface area contributed by atoms with Crippen LogP contribution in [-0.4, -0.2) is 69.6 Å². The van der Waals surface area contributed by atoms with E-state index in [1.165, 1.54) is 33.9 Å². The third kappa shape index (κ3) is 6.34. The average molecular weight is 677 g/mol. The lowest BCUT2D eigenvalue weighted by Gasteiger charge is -2.33. The van der Waals surface area contributed by atoms with Gasteiger partial charge in [0.05, 0.1) is 30.9 Å². The zero-order chi connectivity index (χ0) is 31.8. The van der Waals surface area contributed by atoms with E-state index >= 15 is 0 Å². The van der Waals surface area contributed by atoms with Crippen LogP contribution >= 0.6 is 46.4 Å². The van der Waals surface area contributed by atoms with Crippen LogP contribution in [0.25, 0.3) is 0 Å². The highest BCUT2D eigenvalue weighted by molar-refractivity contribution is 6.42. The van der Waals surface area contributed by atoms with Crippen LogP contribution in [0.5, 0.6) is 0 Å². The standard InChI is InChI=1S/C36H46Cl4N4/c1-7-9-13-43-31-23-29(39)27(37)21-25(31)35(3,4)33(43)11-15-41-17-19-42(20-18-41)16-12-34-36(5,6)26-22-28(38)30(40)24-32(26)44(34)14-10-8-2/h11-12,15-16,21-24H,7-10,13-14,17-20H2,1-6H3/q+2. The number of benzene rings is 2. The largest absolute Gasteiger partial charge is 0.374 e. The molecule has 0 unspecified atom stereocenters. The Morgan fingerprint density at radius 2 is 0.955 bits per heavy atom. The summed E-state index contributed by atoms with van der Waals surface area (Å²) in [5.74, 6) is 0. The van der Waals surface area contributed by atoms with Gasteiger partial charge < -0.3 is 9.80 Å². The molecule has 0 aliphatic carbocycles. The van der Waals surface area contributed by atoms with E-state index < -0.39 is 0 Å². The summed E-state index contributed by atoms with van der Waals surface area (Å²) in [6.07, 6.45) is 13.7. The second-order valence-corrected chi connectivity index (χ2v) is 14.9. The average Bonchev–Trinajstić information content (AvgIpc) is 3.31. The highest BCUT2D eigenvalue weighted by atomic mass is 35.5. The predicted molar refractivity (Wildman–Crippen MR) is 190 cm³/mol. The molecule has 3 heterocycles. The maximum absolute atomic E-state index is 6.47. The highest BCUT2D eigenvalue weighted by Crippen LogP contribution is 2.45. The molecular formula is C36H46Cl4N4+2. The summed E-state index contributed by atoms with van der Waals surface area (Å²) in [6.45, 7) is 19.4. The van der Waals surface area contributed by atoms with E-state index in [9.17, 15) is 0 Å². The maximum atomic E-state index is 6.47. The van der Waals surface area contributed by atoms with Crippen LogP contribution < -0.4 is 0 Å². The molecule has 0 radical (unpaired) electrons. The molecule has 236 valence electrons. The number of halogens is 4. The Labute approximate surface area is 284 Å². The van der Waals surface area contributed by atoms with Crippen molar-refractivity contribution in [1.82, 2.24) is 9.80 Å². The summed E-state index contributed by atoms with van der Waals surface area (Å²) in [6, 6.07) is 8.19. The van der Waals surface area contributed by atoms with Crippen molar-refractivity contribution in [3.63, 3.8) is 0 Å². The van der Waals surface area contributed by atoms with Gasteiger partial charge in [0.15, 0.2) is 11.4 Å². The normalized spacial score (nSPS) is 19.2. The summed E-state index contributed by atoms with van der Waals surface area (Å²) >= 11 is 25.9. The van der Waals surface area contributed by atoms with Crippen LogP contribution in [0.4, 0.5) is 11.4 Å². The fourth-order valence-corrected chi connectivity index (χ4v) is 7.47. The molecule has 2 aromatic carbocycles. The van der Waals surface area contributed by atoms with Crippen LogP contribution in [-0.2, 0) is 10.8 Å². The monoisotopic (exact) mass is 674 g/mol.